The zero-order valence-corrected chi connectivity index (χ0v) is 11.6. The van der Waals surface area contributed by atoms with Gasteiger partial charge in [-0.2, -0.15) is 0 Å². The average Bonchev–Trinajstić information content (AvgIpc) is 2.36. The van der Waals surface area contributed by atoms with Crippen molar-refractivity contribution in [3.63, 3.8) is 0 Å². The fraction of sp³-hybridized carbons (Fsp3) is 0.692. The molecule has 0 spiro atoms. The van der Waals surface area contributed by atoms with E-state index in [1.807, 2.05) is 20.8 Å². The highest BCUT2D eigenvalue weighted by Crippen LogP contribution is 2.11. The minimum absolute atomic E-state index is 0.127. The van der Waals surface area contributed by atoms with Gasteiger partial charge < -0.3 is 14.8 Å². The Morgan fingerprint density at radius 1 is 1.17 bits per heavy atom. The van der Waals surface area contributed by atoms with Gasteiger partial charge >= 0.3 is 0 Å². The summed E-state index contributed by atoms with van der Waals surface area (Å²) in [7, 11) is 0. The lowest BCUT2D eigenvalue weighted by Crippen LogP contribution is -2.33. The molecule has 0 aromatic carbocycles. The summed E-state index contributed by atoms with van der Waals surface area (Å²) < 4.78 is 11.0. The molecule has 1 aromatic heterocycles. The molecule has 5 nitrogen and oxygen atoms in total. The van der Waals surface area contributed by atoms with E-state index in [1.165, 1.54) is 0 Å². The lowest BCUT2D eigenvalue weighted by Gasteiger charge is -2.20. The predicted octanol–water partition coefficient (Wildman–Crippen LogP) is 1.83. The van der Waals surface area contributed by atoms with Gasteiger partial charge in [0, 0.05) is 38.2 Å². The van der Waals surface area contributed by atoms with Crippen LogP contribution in [-0.2, 0) is 9.47 Å². The summed E-state index contributed by atoms with van der Waals surface area (Å²) in [5, 5.41) is 3.36. The van der Waals surface area contributed by atoms with Gasteiger partial charge in [-0.25, -0.2) is 0 Å². The zero-order chi connectivity index (χ0) is 13.4. The van der Waals surface area contributed by atoms with Gasteiger partial charge in [0.2, 0.25) is 0 Å². The summed E-state index contributed by atoms with van der Waals surface area (Å²) in [6.07, 6.45) is 3.21. The van der Waals surface area contributed by atoms with Gasteiger partial charge in [0.05, 0.1) is 11.4 Å². The van der Waals surface area contributed by atoms with Crippen molar-refractivity contribution >= 4 is 0 Å². The molecule has 18 heavy (non-hydrogen) atoms. The summed E-state index contributed by atoms with van der Waals surface area (Å²) in [4.78, 5) is 8.58. The van der Waals surface area contributed by atoms with Crippen molar-refractivity contribution in [3.8, 4) is 0 Å². The zero-order valence-electron chi connectivity index (χ0n) is 11.6. The van der Waals surface area contributed by atoms with Crippen LogP contribution >= 0.6 is 0 Å². The number of aryl methyl sites for hydroxylation is 1. The maximum atomic E-state index is 5.48. The average molecular weight is 253 g/mol. The Kier molecular flexibility index (Phi) is 6.78. The fourth-order valence-corrected chi connectivity index (χ4v) is 1.75. The van der Waals surface area contributed by atoms with Crippen molar-refractivity contribution in [1.29, 1.82) is 0 Å². The number of ether oxygens (including phenoxy) is 2. The first-order chi connectivity index (χ1) is 8.69. The molecule has 0 radical (unpaired) electrons. The molecule has 0 saturated carbocycles. The Bertz CT molecular complexity index is 341. The molecule has 1 unspecified atom stereocenters. The summed E-state index contributed by atoms with van der Waals surface area (Å²) >= 11 is 0. The maximum Gasteiger partial charge on any atom is 0.169 e. The first-order valence-electron chi connectivity index (χ1n) is 6.43. The molecule has 1 heterocycles. The number of hydrogen-bond donors (Lipinski definition) is 1. The summed E-state index contributed by atoms with van der Waals surface area (Å²) in [6.45, 7) is 9.87. The van der Waals surface area contributed by atoms with Crippen molar-refractivity contribution in [2.75, 3.05) is 19.8 Å². The molecule has 1 atom stereocenters. The molecule has 1 aromatic rings. The standard InChI is InChI=1S/C13H23N3O2/c1-5-17-12(18-6-2)9-16-11(4)13-10(3)14-7-8-15-13/h7-8,11-12,16H,5-6,9H2,1-4H3. The van der Waals surface area contributed by atoms with E-state index < -0.39 is 0 Å². The Balaban J connectivity index is 2.49. The summed E-state index contributed by atoms with van der Waals surface area (Å²) in [5.41, 5.74) is 1.91. The minimum atomic E-state index is -0.209. The lowest BCUT2D eigenvalue weighted by molar-refractivity contribution is -0.133. The van der Waals surface area contributed by atoms with Crippen molar-refractivity contribution in [1.82, 2.24) is 15.3 Å². The van der Waals surface area contributed by atoms with Crippen molar-refractivity contribution in [2.45, 2.75) is 40.0 Å². The molecular formula is C13H23N3O2. The SMILES string of the molecule is CCOC(CNC(C)c1nccnc1C)OCC. The Morgan fingerprint density at radius 3 is 2.33 bits per heavy atom. The van der Waals surface area contributed by atoms with Crippen molar-refractivity contribution in [2.24, 2.45) is 0 Å². The van der Waals surface area contributed by atoms with Crippen LogP contribution in [0.4, 0.5) is 0 Å². The molecular weight excluding hydrogens is 230 g/mol. The Labute approximate surface area is 109 Å². The first-order valence-corrected chi connectivity index (χ1v) is 6.43. The monoisotopic (exact) mass is 253 g/mol. The molecule has 0 aliphatic heterocycles. The van der Waals surface area contributed by atoms with E-state index in [2.05, 4.69) is 22.2 Å². The van der Waals surface area contributed by atoms with E-state index in [4.69, 9.17) is 9.47 Å². The van der Waals surface area contributed by atoms with Crippen LogP contribution in [0.3, 0.4) is 0 Å². The highest BCUT2D eigenvalue weighted by molar-refractivity contribution is 5.12. The van der Waals surface area contributed by atoms with Crippen molar-refractivity contribution < 1.29 is 9.47 Å². The summed E-state index contributed by atoms with van der Waals surface area (Å²) in [5.74, 6) is 0. The number of aromatic nitrogens is 2. The molecule has 1 N–H and O–H groups in total. The van der Waals surface area contributed by atoms with Gasteiger partial charge in [-0.1, -0.05) is 0 Å². The van der Waals surface area contributed by atoms with Gasteiger partial charge in [-0.15, -0.1) is 0 Å². The first kappa shape index (κ1) is 15.0. The van der Waals surface area contributed by atoms with E-state index in [1.54, 1.807) is 12.4 Å². The normalized spacial score (nSPS) is 12.9. The summed E-state index contributed by atoms with van der Waals surface area (Å²) in [6, 6.07) is 0.127. The van der Waals surface area contributed by atoms with Gasteiger partial charge in [0.1, 0.15) is 0 Å². The Hall–Kier alpha value is -1.04. The van der Waals surface area contributed by atoms with E-state index in [9.17, 15) is 0 Å². The van der Waals surface area contributed by atoms with Crippen LogP contribution in [0.2, 0.25) is 0 Å². The molecule has 0 saturated heterocycles. The van der Waals surface area contributed by atoms with Crippen LogP contribution in [0.5, 0.6) is 0 Å². The number of hydrogen-bond acceptors (Lipinski definition) is 5. The van der Waals surface area contributed by atoms with E-state index >= 15 is 0 Å². The number of rotatable bonds is 8. The van der Waals surface area contributed by atoms with E-state index in [0.29, 0.717) is 19.8 Å². The highest BCUT2D eigenvalue weighted by Gasteiger charge is 2.13. The van der Waals surface area contributed by atoms with E-state index in [0.717, 1.165) is 11.4 Å². The van der Waals surface area contributed by atoms with Crippen LogP contribution in [0.15, 0.2) is 12.4 Å². The number of nitrogens with one attached hydrogen (secondary N) is 1. The minimum Gasteiger partial charge on any atom is -0.352 e. The fourth-order valence-electron chi connectivity index (χ4n) is 1.75. The second-order valence-corrected chi connectivity index (χ2v) is 4.00. The third-order valence-corrected chi connectivity index (χ3v) is 2.63. The molecule has 5 heteroatoms. The van der Waals surface area contributed by atoms with Crippen LogP contribution in [0.25, 0.3) is 0 Å². The smallest absolute Gasteiger partial charge is 0.169 e. The number of nitrogens with zero attached hydrogens (tertiary/aromatic N) is 2. The molecule has 0 aliphatic carbocycles. The largest absolute Gasteiger partial charge is 0.352 e. The quantitative estimate of drug-likeness (QED) is 0.716. The maximum absolute atomic E-state index is 5.48. The van der Waals surface area contributed by atoms with Crippen molar-refractivity contribution in [3.05, 3.63) is 23.8 Å². The highest BCUT2D eigenvalue weighted by atomic mass is 16.7. The van der Waals surface area contributed by atoms with Crippen LogP contribution in [0.1, 0.15) is 38.2 Å². The molecule has 0 amide bonds. The second kappa shape index (κ2) is 8.13. The van der Waals surface area contributed by atoms with Gasteiger partial charge in [-0.05, 0) is 27.7 Å². The van der Waals surface area contributed by atoms with Gasteiger partial charge in [0.15, 0.2) is 6.29 Å². The third kappa shape index (κ3) is 4.68. The molecule has 0 fully saturated rings. The van der Waals surface area contributed by atoms with Gasteiger partial charge in [0.25, 0.3) is 0 Å². The lowest BCUT2D eigenvalue weighted by atomic mass is 10.2. The molecule has 0 bridgehead atoms. The third-order valence-electron chi connectivity index (χ3n) is 2.63. The molecule has 0 aliphatic rings. The topological polar surface area (TPSA) is 56.3 Å². The second-order valence-electron chi connectivity index (χ2n) is 4.00. The van der Waals surface area contributed by atoms with Crippen LogP contribution < -0.4 is 5.32 Å². The molecule has 1 rings (SSSR count). The Morgan fingerprint density at radius 2 is 1.78 bits per heavy atom. The van der Waals surface area contributed by atoms with Crippen LogP contribution in [0, 0.1) is 6.92 Å². The molecule has 102 valence electrons. The van der Waals surface area contributed by atoms with Gasteiger partial charge in [-0.3, -0.25) is 9.97 Å². The van der Waals surface area contributed by atoms with E-state index in [-0.39, 0.29) is 12.3 Å². The predicted molar refractivity (Wildman–Crippen MR) is 70.2 cm³/mol. The van der Waals surface area contributed by atoms with Crippen LogP contribution in [-0.4, -0.2) is 36.0 Å².